The molecule has 1 aromatic carbocycles. The number of hydrogen-bond acceptors (Lipinski definition) is 5. The van der Waals surface area contributed by atoms with Crippen LogP contribution in [0.2, 0.25) is 0 Å². The van der Waals surface area contributed by atoms with Gasteiger partial charge in [-0.15, -0.1) is 23.2 Å². The van der Waals surface area contributed by atoms with Crippen LogP contribution in [-0.2, 0) is 7.05 Å². The van der Waals surface area contributed by atoms with Gasteiger partial charge in [0.15, 0.2) is 11.5 Å². The lowest BCUT2D eigenvalue weighted by Gasteiger charge is -2.31. The Labute approximate surface area is 221 Å². The van der Waals surface area contributed by atoms with Gasteiger partial charge in [-0.1, -0.05) is 25.3 Å². The molecule has 35 heavy (non-hydrogen) atoms. The Morgan fingerprint density at radius 3 is 2.09 bits per heavy atom. The van der Waals surface area contributed by atoms with Crippen molar-refractivity contribution in [3.63, 3.8) is 0 Å². The maximum absolute atomic E-state index is 6.42. The van der Waals surface area contributed by atoms with Crippen molar-refractivity contribution in [2.24, 2.45) is 13.0 Å². The topological polar surface area (TPSA) is 42.8 Å². The Morgan fingerprint density at radius 1 is 0.943 bits per heavy atom. The minimum atomic E-state index is -0.0813. The Bertz CT molecular complexity index is 899. The van der Waals surface area contributed by atoms with Crippen molar-refractivity contribution in [2.75, 3.05) is 41.4 Å². The van der Waals surface area contributed by atoms with Crippen molar-refractivity contribution >= 4 is 23.2 Å². The fraction of sp³-hybridized carbons (Fsp3) is 0.667. The second kappa shape index (κ2) is 13.7. The number of alkyl halides is 2. The van der Waals surface area contributed by atoms with Gasteiger partial charge in [-0.25, -0.2) is 4.98 Å². The van der Waals surface area contributed by atoms with E-state index in [1.807, 2.05) is 56.5 Å². The molecule has 3 atom stereocenters. The molecule has 1 aromatic heterocycles. The fourth-order valence-corrected chi connectivity index (χ4v) is 4.95. The number of aryl methyl sites for hydroxylation is 1. The normalized spacial score (nSPS) is 17.5. The molecule has 1 fully saturated rings. The highest BCUT2D eigenvalue weighted by atomic mass is 35.5. The van der Waals surface area contributed by atoms with Gasteiger partial charge in [-0.05, 0) is 64.6 Å². The number of nitrogens with zero attached hydrogens (tertiary/aromatic N) is 4. The smallest absolute Gasteiger partial charge is 0.161 e. The molecule has 0 amide bonds. The summed E-state index contributed by atoms with van der Waals surface area (Å²) < 4.78 is 14.6. The van der Waals surface area contributed by atoms with Gasteiger partial charge in [0.25, 0.3) is 0 Å². The van der Waals surface area contributed by atoms with Gasteiger partial charge in [-0.2, -0.15) is 0 Å². The van der Waals surface area contributed by atoms with E-state index in [-0.39, 0.29) is 16.9 Å². The predicted molar refractivity (Wildman–Crippen MR) is 145 cm³/mol. The van der Waals surface area contributed by atoms with Gasteiger partial charge in [0, 0.05) is 38.2 Å². The van der Waals surface area contributed by atoms with Crippen molar-refractivity contribution in [3.05, 3.63) is 42.0 Å². The molecule has 6 nitrogen and oxygen atoms in total. The molecule has 0 N–H and O–H groups in total. The monoisotopic (exact) mass is 524 g/mol. The van der Waals surface area contributed by atoms with Gasteiger partial charge in [-0.3, -0.25) is 9.80 Å². The Kier molecular flexibility index (Phi) is 11.0. The highest BCUT2D eigenvalue weighted by Crippen LogP contribution is 2.42. The lowest BCUT2D eigenvalue weighted by atomic mass is 9.76. The molecule has 1 heterocycles. The second-order valence-electron chi connectivity index (χ2n) is 10.0. The van der Waals surface area contributed by atoms with E-state index in [0.717, 1.165) is 23.7 Å². The number of aromatic nitrogens is 2. The fourth-order valence-electron chi connectivity index (χ4n) is 4.78. The molecule has 0 spiro atoms. The number of ether oxygens (including phenoxy) is 2. The summed E-state index contributed by atoms with van der Waals surface area (Å²) in [6.45, 7) is 1.03. The standard InChI is InChI=1S/C27H42Cl2N4O2/c1-31(2)24(28)13-17-34-22-12-11-21(19-23(22)35-18-14-25(29)32(3)4)26(20-9-7-6-8-10-20)27-30-15-16-33(27)5/h11-12,15-16,19-20,24-26H,6-10,13-14,17-18H2,1-5H3. The average molecular weight is 526 g/mol. The van der Waals surface area contributed by atoms with Crippen LogP contribution in [-0.4, -0.2) is 71.8 Å². The number of benzene rings is 1. The van der Waals surface area contributed by atoms with Crippen LogP contribution in [0, 0.1) is 5.92 Å². The van der Waals surface area contributed by atoms with Crippen molar-refractivity contribution in [1.82, 2.24) is 19.4 Å². The summed E-state index contributed by atoms with van der Waals surface area (Å²) in [7, 11) is 9.97. The summed E-state index contributed by atoms with van der Waals surface area (Å²) in [6.07, 6.45) is 11.7. The highest BCUT2D eigenvalue weighted by molar-refractivity contribution is 6.20. The number of halogens is 2. The van der Waals surface area contributed by atoms with Crippen LogP contribution in [0.5, 0.6) is 11.5 Å². The third-order valence-corrected chi connectivity index (χ3v) is 8.15. The molecule has 1 aliphatic rings. The van der Waals surface area contributed by atoms with Crippen molar-refractivity contribution in [2.45, 2.75) is 61.9 Å². The molecule has 3 rings (SSSR count). The molecule has 1 saturated carbocycles. The lowest BCUT2D eigenvalue weighted by Crippen LogP contribution is -2.24. The van der Waals surface area contributed by atoms with Crippen molar-refractivity contribution in [1.29, 1.82) is 0 Å². The lowest BCUT2D eigenvalue weighted by molar-refractivity contribution is 0.232. The zero-order valence-electron chi connectivity index (χ0n) is 21.9. The largest absolute Gasteiger partial charge is 0.490 e. The van der Waals surface area contributed by atoms with Crippen molar-refractivity contribution < 1.29 is 9.47 Å². The molecular formula is C27H42Cl2N4O2. The van der Waals surface area contributed by atoms with E-state index < -0.39 is 0 Å². The maximum atomic E-state index is 6.42. The first-order valence-electron chi connectivity index (χ1n) is 12.8. The predicted octanol–water partition coefficient (Wildman–Crippen LogP) is 5.92. The van der Waals surface area contributed by atoms with Crippen LogP contribution < -0.4 is 9.47 Å². The molecule has 196 valence electrons. The average Bonchev–Trinajstić information content (AvgIpc) is 3.26. The first-order valence-corrected chi connectivity index (χ1v) is 13.6. The Balaban J connectivity index is 1.85. The summed E-state index contributed by atoms with van der Waals surface area (Å²) in [5.74, 6) is 3.42. The van der Waals surface area contributed by atoms with E-state index in [2.05, 4.69) is 23.7 Å². The minimum Gasteiger partial charge on any atom is -0.490 e. The maximum Gasteiger partial charge on any atom is 0.161 e. The summed E-state index contributed by atoms with van der Waals surface area (Å²) in [5.41, 5.74) is 1.07. The molecule has 2 aromatic rings. The second-order valence-corrected chi connectivity index (χ2v) is 11.1. The number of hydrogen-bond donors (Lipinski definition) is 0. The van der Waals surface area contributed by atoms with E-state index >= 15 is 0 Å². The summed E-state index contributed by atoms with van der Waals surface area (Å²) in [4.78, 5) is 8.73. The first-order chi connectivity index (χ1) is 16.8. The molecule has 0 radical (unpaired) electrons. The van der Waals surface area contributed by atoms with E-state index in [4.69, 9.17) is 37.7 Å². The Morgan fingerprint density at radius 2 is 1.54 bits per heavy atom. The molecule has 0 saturated heterocycles. The van der Waals surface area contributed by atoms with Gasteiger partial charge in [0.2, 0.25) is 0 Å². The van der Waals surface area contributed by atoms with Crippen LogP contribution in [0.3, 0.4) is 0 Å². The van der Waals surface area contributed by atoms with E-state index in [1.165, 1.54) is 37.7 Å². The first kappa shape index (κ1) is 28.1. The Hall–Kier alpha value is -1.47. The van der Waals surface area contributed by atoms with Crippen LogP contribution in [0.4, 0.5) is 0 Å². The highest BCUT2D eigenvalue weighted by Gasteiger charge is 2.30. The number of rotatable bonds is 13. The van der Waals surface area contributed by atoms with Crippen molar-refractivity contribution in [3.8, 4) is 11.5 Å². The number of imidazole rings is 1. The van der Waals surface area contributed by atoms with Crippen LogP contribution in [0.25, 0.3) is 0 Å². The van der Waals surface area contributed by atoms with Gasteiger partial charge >= 0.3 is 0 Å². The molecule has 0 bridgehead atoms. The van der Waals surface area contributed by atoms with Gasteiger partial charge < -0.3 is 14.0 Å². The summed E-state index contributed by atoms with van der Waals surface area (Å²) >= 11 is 12.8. The van der Waals surface area contributed by atoms with Crippen LogP contribution >= 0.6 is 23.2 Å². The summed E-state index contributed by atoms with van der Waals surface area (Å²) in [5, 5.41) is 0. The molecule has 3 unspecified atom stereocenters. The van der Waals surface area contributed by atoms with E-state index in [9.17, 15) is 0 Å². The third-order valence-electron chi connectivity index (χ3n) is 6.93. The quantitative estimate of drug-likeness (QED) is 0.240. The van der Waals surface area contributed by atoms with Gasteiger partial charge in [0.05, 0.1) is 24.2 Å². The van der Waals surface area contributed by atoms with Crippen LogP contribution in [0.1, 0.15) is 62.3 Å². The molecular weight excluding hydrogens is 483 g/mol. The third kappa shape index (κ3) is 8.01. The molecule has 0 aliphatic heterocycles. The zero-order valence-corrected chi connectivity index (χ0v) is 23.4. The minimum absolute atomic E-state index is 0.0742. The zero-order chi connectivity index (χ0) is 25.4. The summed E-state index contributed by atoms with van der Waals surface area (Å²) in [6, 6.07) is 6.39. The van der Waals surface area contributed by atoms with Gasteiger partial charge in [0.1, 0.15) is 5.82 Å². The van der Waals surface area contributed by atoms with Crippen LogP contribution in [0.15, 0.2) is 30.6 Å². The van der Waals surface area contributed by atoms with E-state index in [1.54, 1.807) is 0 Å². The molecule has 8 heteroatoms. The molecule has 1 aliphatic carbocycles. The SMILES string of the molecule is CN(C)C(Cl)CCOc1ccc(C(c2nccn2C)C2CCCCC2)cc1OCCC(Cl)N(C)C. The van der Waals surface area contributed by atoms with E-state index in [0.29, 0.717) is 25.6 Å².